The van der Waals surface area contributed by atoms with Crippen LogP contribution in [0.4, 0.5) is 0 Å². The molecule has 3 heterocycles. The molecular weight excluding hydrogens is 650 g/mol. The van der Waals surface area contributed by atoms with Gasteiger partial charge in [-0.15, -0.1) is 0 Å². The van der Waals surface area contributed by atoms with Gasteiger partial charge < -0.3 is 37.0 Å². The van der Waals surface area contributed by atoms with E-state index in [0.717, 1.165) is 35.7 Å². The molecular formula is C36H55N11O4. The summed E-state index contributed by atoms with van der Waals surface area (Å²) in [4.78, 5) is 65.4. The van der Waals surface area contributed by atoms with Crippen molar-refractivity contribution in [2.45, 2.75) is 108 Å². The molecule has 278 valence electrons. The molecule has 1 aliphatic heterocycles. The van der Waals surface area contributed by atoms with Crippen LogP contribution in [0.1, 0.15) is 77.0 Å². The van der Waals surface area contributed by atoms with E-state index in [-0.39, 0.29) is 48.4 Å². The number of carbonyl (C=O) groups excluding carboxylic acids is 4. The van der Waals surface area contributed by atoms with Gasteiger partial charge in [-0.1, -0.05) is 24.6 Å². The van der Waals surface area contributed by atoms with Gasteiger partial charge >= 0.3 is 0 Å². The van der Waals surface area contributed by atoms with Gasteiger partial charge in [-0.25, -0.2) is 4.98 Å². The monoisotopic (exact) mass is 705 g/mol. The third-order valence-electron chi connectivity index (χ3n) is 8.79. The van der Waals surface area contributed by atoms with Crippen LogP contribution in [0.2, 0.25) is 0 Å². The molecule has 0 bridgehead atoms. The molecule has 3 aromatic rings. The number of nitrogens with two attached hydrogens (primary N) is 1. The molecule has 2 amide bonds. The van der Waals surface area contributed by atoms with Gasteiger partial charge in [0.2, 0.25) is 11.8 Å². The molecule has 15 heteroatoms. The van der Waals surface area contributed by atoms with E-state index in [1.54, 1.807) is 6.20 Å². The first-order chi connectivity index (χ1) is 24.4. The molecule has 0 radical (unpaired) electrons. The normalized spacial score (nSPS) is 22.4. The quantitative estimate of drug-likeness (QED) is 0.0663. The molecule has 0 saturated carbocycles. The Balaban J connectivity index is 1.61. The molecule has 51 heavy (non-hydrogen) atoms. The van der Waals surface area contributed by atoms with Crippen LogP contribution in [0.3, 0.4) is 0 Å². The van der Waals surface area contributed by atoms with E-state index in [1.807, 2.05) is 51.2 Å². The number of fused-ring (bicyclic) bond motifs is 1. The Morgan fingerprint density at radius 1 is 0.980 bits per heavy atom. The van der Waals surface area contributed by atoms with E-state index in [0.29, 0.717) is 38.2 Å². The van der Waals surface area contributed by atoms with Crippen LogP contribution in [-0.2, 0) is 32.0 Å². The molecule has 1 saturated heterocycles. The smallest absolute Gasteiger partial charge is 0.238 e. The van der Waals surface area contributed by atoms with Gasteiger partial charge in [0, 0.05) is 54.0 Å². The first-order valence-electron chi connectivity index (χ1n) is 17.9. The molecule has 1 unspecified atom stereocenters. The Kier molecular flexibility index (Phi) is 14.7. The Bertz CT molecular complexity index is 1600. The lowest BCUT2D eigenvalue weighted by molar-refractivity contribution is -0.133. The number of hydrogen-bond donors (Lipinski definition) is 10. The minimum absolute atomic E-state index is 0.0802. The van der Waals surface area contributed by atoms with Gasteiger partial charge in [-0.05, 0) is 71.0 Å². The topological polar surface area (TPSA) is 235 Å². The third-order valence-corrected chi connectivity index (χ3v) is 8.79. The standard InChI is InChI=1S/C36H55N11O4/c1-36(2,3)47-32-19-33(50)41-14-8-4-7-13-40-29(16-23-20-43-26-11-6-5-10-25(23)26)34(51)46-27(12-9-15-42-35(37)38)30(48)18-31(49)28(45-32)17-24-21-39-22-44-24/h5-6,10-11,20-22,27-29,32,40,43,45,47H,4,7-9,12-19H2,1-3H3,(H,39,44)(H,41,50)(H,46,51)(H4,37,38,42)/t27-,28-,29-,32?/m0/s1. The van der Waals surface area contributed by atoms with Crippen LogP contribution in [-0.4, -0.2) is 93.8 Å². The minimum Gasteiger partial charge on any atom is -0.370 e. The van der Waals surface area contributed by atoms with Gasteiger partial charge in [-0.3, -0.25) is 35.2 Å². The van der Waals surface area contributed by atoms with Crippen molar-refractivity contribution in [2.75, 3.05) is 19.6 Å². The Hall–Kier alpha value is -4.60. The number of benzene rings is 1. The van der Waals surface area contributed by atoms with Crippen LogP contribution in [0.15, 0.2) is 43.0 Å². The zero-order valence-corrected chi connectivity index (χ0v) is 30.0. The number of rotatable bonds is 9. The molecule has 0 spiro atoms. The number of imidazole rings is 1. The number of Topliss-reactive ketones (excluding diaryl/α,β-unsaturated/α-hetero) is 2. The fourth-order valence-corrected chi connectivity index (χ4v) is 6.30. The second-order valence-electron chi connectivity index (χ2n) is 14.3. The Morgan fingerprint density at radius 2 is 1.75 bits per heavy atom. The summed E-state index contributed by atoms with van der Waals surface area (Å²) in [5.74, 6) is -1.48. The summed E-state index contributed by atoms with van der Waals surface area (Å²) >= 11 is 0. The number of nitrogens with zero attached hydrogens (tertiary/aromatic N) is 1. The van der Waals surface area contributed by atoms with Crippen LogP contribution in [0.5, 0.6) is 0 Å². The zero-order valence-electron chi connectivity index (χ0n) is 30.0. The SMILES string of the molecule is CC(C)(C)NC1CC(=O)NCCCCCN[C@@H](Cc2c[nH]c3ccccc23)C(=O)N[C@@H](CCCNC(=N)N)C(=O)CC(=O)[C@H](Cc2cnc[nH]2)N1. The number of hydrogen-bond acceptors (Lipinski definition) is 9. The van der Waals surface area contributed by atoms with E-state index in [2.05, 4.69) is 46.9 Å². The number of para-hydroxylation sites is 1. The molecule has 11 N–H and O–H groups in total. The van der Waals surface area contributed by atoms with Crippen molar-refractivity contribution in [2.24, 2.45) is 5.73 Å². The Morgan fingerprint density at radius 3 is 2.49 bits per heavy atom. The Labute approximate surface area is 299 Å². The number of amides is 2. The van der Waals surface area contributed by atoms with Gasteiger partial charge in [0.05, 0.1) is 43.5 Å². The van der Waals surface area contributed by atoms with Crippen molar-refractivity contribution in [3.63, 3.8) is 0 Å². The summed E-state index contributed by atoms with van der Waals surface area (Å²) in [5.41, 5.74) is 7.70. The van der Waals surface area contributed by atoms with E-state index in [1.165, 1.54) is 6.33 Å². The van der Waals surface area contributed by atoms with Gasteiger partial charge in [0.1, 0.15) is 0 Å². The second kappa shape index (κ2) is 19.1. The first-order valence-corrected chi connectivity index (χ1v) is 17.9. The lowest BCUT2D eigenvalue weighted by Gasteiger charge is -2.32. The number of aromatic nitrogens is 3. The van der Waals surface area contributed by atoms with Crippen molar-refractivity contribution in [1.29, 1.82) is 5.41 Å². The number of carbonyl (C=O) groups is 4. The summed E-state index contributed by atoms with van der Waals surface area (Å²) in [7, 11) is 0. The van der Waals surface area contributed by atoms with Crippen molar-refractivity contribution in [3.05, 3.63) is 54.2 Å². The van der Waals surface area contributed by atoms with Gasteiger partial charge in [0.15, 0.2) is 17.5 Å². The highest BCUT2D eigenvalue weighted by atomic mass is 16.2. The fraction of sp³-hybridized carbons (Fsp3) is 0.556. The molecule has 0 aliphatic carbocycles. The molecule has 4 atom stereocenters. The van der Waals surface area contributed by atoms with Gasteiger partial charge in [0.25, 0.3) is 0 Å². The van der Waals surface area contributed by atoms with Crippen LogP contribution in [0, 0.1) is 5.41 Å². The van der Waals surface area contributed by atoms with Crippen molar-refractivity contribution in [3.8, 4) is 0 Å². The molecule has 2 aromatic heterocycles. The van der Waals surface area contributed by atoms with Crippen molar-refractivity contribution < 1.29 is 19.2 Å². The maximum Gasteiger partial charge on any atom is 0.238 e. The summed E-state index contributed by atoms with van der Waals surface area (Å²) in [6, 6.07) is 5.45. The van der Waals surface area contributed by atoms with Crippen LogP contribution < -0.4 is 37.6 Å². The van der Waals surface area contributed by atoms with Crippen LogP contribution >= 0.6 is 0 Å². The number of ketones is 2. The number of aromatic amines is 2. The summed E-state index contributed by atoms with van der Waals surface area (Å²) in [6.45, 7) is 7.32. The predicted octanol–water partition coefficient (Wildman–Crippen LogP) is 1.27. The molecule has 4 rings (SSSR count). The lowest BCUT2D eigenvalue weighted by atomic mass is 9.96. The minimum atomic E-state index is -0.952. The molecule has 1 aliphatic rings. The lowest BCUT2D eigenvalue weighted by Crippen LogP contribution is -2.58. The van der Waals surface area contributed by atoms with E-state index < -0.39 is 36.5 Å². The largest absolute Gasteiger partial charge is 0.370 e. The maximum atomic E-state index is 14.0. The van der Waals surface area contributed by atoms with Crippen molar-refractivity contribution >= 4 is 40.2 Å². The number of guanidine groups is 1. The van der Waals surface area contributed by atoms with E-state index >= 15 is 0 Å². The van der Waals surface area contributed by atoms with Gasteiger partial charge in [-0.2, -0.15) is 0 Å². The summed E-state index contributed by atoms with van der Waals surface area (Å²) < 4.78 is 0. The van der Waals surface area contributed by atoms with Crippen LogP contribution in [0.25, 0.3) is 10.9 Å². The number of H-pyrrole nitrogens is 2. The predicted molar refractivity (Wildman–Crippen MR) is 197 cm³/mol. The average molecular weight is 706 g/mol. The highest BCUT2D eigenvalue weighted by Gasteiger charge is 2.32. The van der Waals surface area contributed by atoms with E-state index in [4.69, 9.17) is 11.1 Å². The second-order valence-corrected chi connectivity index (χ2v) is 14.3. The molecule has 15 nitrogen and oxygen atoms in total. The summed E-state index contributed by atoms with van der Waals surface area (Å²) in [6.07, 6.45) is 7.77. The summed E-state index contributed by atoms with van der Waals surface area (Å²) in [5, 5.41) is 27.4. The highest BCUT2D eigenvalue weighted by molar-refractivity contribution is 6.05. The van der Waals surface area contributed by atoms with Crippen molar-refractivity contribution in [1.82, 2.24) is 46.9 Å². The third kappa shape index (κ3) is 13.2. The number of nitrogens with one attached hydrogen (secondary N) is 9. The molecule has 1 fully saturated rings. The zero-order chi connectivity index (χ0) is 36.8. The first kappa shape index (κ1) is 39.2. The average Bonchev–Trinajstić information content (AvgIpc) is 3.73. The maximum absolute atomic E-state index is 14.0. The van der Waals surface area contributed by atoms with E-state index in [9.17, 15) is 19.2 Å². The molecule has 1 aromatic carbocycles. The fourth-order valence-electron chi connectivity index (χ4n) is 6.30. The highest BCUT2D eigenvalue weighted by Crippen LogP contribution is 2.20.